The fraction of sp³-hybridized carbons (Fsp3) is 0.333. The van der Waals surface area contributed by atoms with Crippen LogP contribution in [0.15, 0.2) is 47.1 Å². The van der Waals surface area contributed by atoms with Crippen LogP contribution in [0.1, 0.15) is 12.8 Å². The molecule has 0 aliphatic carbocycles. The Morgan fingerprint density at radius 1 is 1.21 bits per heavy atom. The third-order valence-electron chi connectivity index (χ3n) is 5.11. The number of carbonyl (C=O) groups is 1. The third kappa shape index (κ3) is 4.10. The molecule has 1 aliphatic rings. The summed E-state index contributed by atoms with van der Waals surface area (Å²) < 4.78 is 5.54. The molecule has 0 saturated carbocycles. The standard InChI is InChI=1S/C21H22ClN5O2/c1-26(2)21(28)14-8-11-27(12-9-14)19-17(7-4-10-23-19)20-24-18(25-29-20)15-5-3-6-16(22)13-15/h3-7,10,13-14H,8-9,11-12H2,1-2H3. The van der Waals surface area contributed by atoms with Gasteiger partial charge in [0.2, 0.25) is 11.7 Å². The topological polar surface area (TPSA) is 75.4 Å². The fourth-order valence-corrected chi connectivity index (χ4v) is 3.79. The van der Waals surface area contributed by atoms with Gasteiger partial charge >= 0.3 is 0 Å². The molecule has 7 nitrogen and oxygen atoms in total. The number of anilines is 1. The number of benzene rings is 1. The molecule has 150 valence electrons. The molecule has 0 atom stereocenters. The lowest BCUT2D eigenvalue weighted by atomic mass is 9.95. The number of hydrogen-bond donors (Lipinski definition) is 0. The van der Waals surface area contributed by atoms with Gasteiger partial charge in [0.15, 0.2) is 0 Å². The van der Waals surface area contributed by atoms with Gasteiger partial charge in [0.25, 0.3) is 5.89 Å². The maximum Gasteiger partial charge on any atom is 0.261 e. The quantitative estimate of drug-likeness (QED) is 0.650. The molecule has 3 aromatic rings. The van der Waals surface area contributed by atoms with Gasteiger partial charge in [-0.2, -0.15) is 4.98 Å². The lowest BCUT2D eigenvalue weighted by Crippen LogP contribution is -2.40. The van der Waals surface area contributed by atoms with Crippen molar-refractivity contribution in [3.05, 3.63) is 47.6 Å². The minimum Gasteiger partial charge on any atom is -0.356 e. The molecule has 0 N–H and O–H groups in total. The zero-order chi connectivity index (χ0) is 20.4. The number of piperidine rings is 1. The Morgan fingerprint density at radius 2 is 2.00 bits per heavy atom. The minimum absolute atomic E-state index is 0.0613. The SMILES string of the molecule is CN(C)C(=O)C1CCN(c2ncccc2-c2nc(-c3cccc(Cl)c3)no2)CC1. The Hall–Kier alpha value is -2.93. The van der Waals surface area contributed by atoms with Crippen molar-refractivity contribution >= 4 is 23.3 Å². The smallest absolute Gasteiger partial charge is 0.261 e. The summed E-state index contributed by atoms with van der Waals surface area (Å²) in [6.07, 6.45) is 3.35. The molecule has 3 heterocycles. The Morgan fingerprint density at radius 3 is 2.72 bits per heavy atom. The molecule has 4 rings (SSSR count). The predicted octanol–water partition coefficient (Wildman–Crippen LogP) is 3.76. The molecular formula is C21H22ClN5O2. The van der Waals surface area contributed by atoms with Gasteiger partial charge in [-0.15, -0.1) is 0 Å². The van der Waals surface area contributed by atoms with Gasteiger partial charge in [-0.05, 0) is 37.1 Å². The molecule has 1 saturated heterocycles. The second-order valence-electron chi connectivity index (χ2n) is 7.30. The molecule has 0 radical (unpaired) electrons. The van der Waals surface area contributed by atoms with Crippen LogP contribution < -0.4 is 4.90 Å². The van der Waals surface area contributed by atoms with E-state index < -0.39 is 0 Å². The summed E-state index contributed by atoms with van der Waals surface area (Å²) in [5.74, 6) is 1.94. The van der Waals surface area contributed by atoms with Crippen molar-refractivity contribution in [2.75, 3.05) is 32.1 Å². The highest BCUT2D eigenvalue weighted by Gasteiger charge is 2.28. The second kappa shape index (κ2) is 8.21. The van der Waals surface area contributed by atoms with E-state index in [4.69, 9.17) is 16.1 Å². The van der Waals surface area contributed by atoms with E-state index in [0.29, 0.717) is 16.7 Å². The van der Waals surface area contributed by atoms with Crippen molar-refractivity contribution < 1.29 is 9.32 Å². The first-order valence-electron chi connectivity index (χ1n) is 9.54. The van der Waals surface area contributed by atoms with Gasteiger partial charge in [0, 0.05) is 49.9 Å². The number of amides is 1. The summed E-state index contributed by atoms with van der Waals surface area (Å²) in [5.41, 5.74) is 1.58. The largest absolute Gasteiger partial charge is 0.356 e. The molecule has 1 fully saturated rings. The number of pyridine rings is 1. The summed E-state index contributed by atoms with van der Waals surface area (Å²) >= 11 is 6.07. The van der Waals surface area contributed by atoms with E-state index in [1.54, 1.807) is 37.3 Å². The van der Waals surface area contributed by atoms with Gasteiger partial charge in [0.05, 0.1) is 5.56 Å². The van der Waals surface area contributed by atoms with Crippen LogP contribution in [0.5, 0.6) is 0 Å². The Kier molecular flexibility index (Phi) is 5.49. The molecule has 1 aliphatic heterocycles. The van der Waals surface area contributed by atoms with Crippen LogP contribution in [0, 0.1) is 5.92 Å². The monoisotopic (exact) mass is 411 g/mol. The number of rotatable bonds is 4. The van der Waals surface area contributed by atoms with Crippen LogP contribution in [-0.2, 0) is 4.79 Å². The Balaban J connectivity index is 1.56. The predicted molar refractivity (Wildman–Crippen MR) is 112 cm³/mol. The van der Waals surface area contributed by atoms with E-state index in [-0.39, 0.29) is 11.8 Å². The highest BCUT2D eigenvalue weighted by Crippen LogP contribution is 2.32. The molecule has 2 aromatic heterocycles. The third-order valence-corrected chi connectivity index (χ3v) is 5.35. The first-order chi connectivity index (χ1) is 14.0. The van der Waals surface area contributed by atoms with Gasteiger partial charge < -0.3 is 14.3 Å². The summed E-state index contributed by atoms with van der Waals surface area (Å²) in [6.45, 7) is 1.51. The summed E-state index contributed by atoms with van der Waals surface area (Å²) in [7, 11) is 3.61. The van der Waals surface area contributed by atoms with Crippen LogP contribution in [0.3, 0.4) is 0 Å². The van der Waals surface area contributed by atoms with Crippen molar-refractivity contribution in [1.82, 2.24) is 20.0 Å². The molecule has 1 amide bonds. The van der Waals surface area contributed by atoms with Gasteiger partial charge in [-0.1, -0.05) is 28.9 Å². The Labute approximate surface area is 174 Å². The van der Waals surface area contributed by atoms with Crippen molar-refractivity contribution in [3.8, 4) is 22.8 Å². The molecule has 0 spiro atoms. The highest BCUT2D eigenvalue weighted by molar-refractivity contribution is 6.30. The van der Waals surface area contributed by atoms with E-state index >= 15 is 0 Å². The van der Waals surface area contributed by atoms with E-state index in [9.17, 15) is 4.79 Å². The van der Waals surface area contributed by atoms with Crippen molar-refractivity contribution in [2.45, 2.75) is 12.8 Å². The average Bonchev–Trinajstić information content (AvgIpc) is 3.23. The number of aromatic nitrogens is 3. The number of halogens is 1. The van der Waals surface area contributed by atoms with E-state index in [2.05, 4.69) is 20.0 Å². The zero-order valence-electron chi connectivity index (χ0n) is 16.4. The molecular weight excluding hydrogens is 390 g/mol. The number of hydrogen-bond acceptors (Lipinski definition) is 6. The molecule has 0 unspecified atom stereocenters. The Bertz CT molecular complexity index is 1010. The van der Waals surface area contributed by atoms with Gasteiger partial charge in [-0.3, -0.25) is 4.79 Å². The van der Waals surface area contributed by atoms with Gasteiger partial charge in [-0.25, -0.2) is 4.98 Å². The maximum atomic E-state index is 12.2. The lowest BCUT2D eigenvalue weighted by Gasteiger charge is -2.33. The van der Waals surface area contributed by atoms with Crippen LogP contribution in [0.2, 0.25) is 5.02 Å². The van der Waals surface area contributed by atoms with Crippen LogP contribution >= 0.6 is 11.6 Å². The first-order valence-corrected chi connectivity index (χ1v) is 9.92. The normalized spacial score (nSPS) is 14.8. The summed E-state index contributed by atoms with van der Waals surface area (Å²) in [4.78, 5) is 25.2. The van der Waals surface area contributed by atoms with E-state index in [1.807, 2.05) is 24.3 Å². The molecule has 1 aromatic carbocycles. The second-order valence-corrected chi connectivity index (χ2v) is 7.74. The average molecular weight is 412 g/mol. The number of nitrogens with zero attached hydrogens (tertiary/aromatic N) is 5. The fourth-order valence-electron chi connectivity index (χ4n) is 3.60. The lowest BCUT2D eigenvalue weighted by molar-refractivity contribution is -0.133. The van der Waals surface area contributed by atoms with E-state index in [0.717, 1.165) is 42.9 Å². The maximum absolute atomic E-state index is 12.2. The minimum atomic E-state index is 0.0613. The van der Waals surface area contributed by atoms with Crippen LogP contribution in [0.4, 0.5) is 5.82 Å². The zero-order valence-corrected chi connectivity index (χ0v) is 17.1. The van der Waals surface area contributed by atoms with Crippen LogP contribution in [-0.4, -0.2) is 53.1 Å². The van der Waals surface area contributed by atoms with Crippen molar-refractivity contribution in [3.63, 3.8) is 0 Å². The highest BCUT2D eigenvalue weighted by atomic mass is 35.5. The number of carbonyl (C=O) groups excluding carboxylic acids is 1. The summed E-state index contributed by atoms with van der Waals surface area (Å²) in [6, 6.07) is 11.1. The van der Waals surface area contributed by atoms with Crippen molar-refractivity contribution in [2.24, 2.45) is 5.92 Å². The first kappa shape index (κ1) is 19.4. The van der Waals surface area contributed by atoms with Gasteiger partial charge in [0.1, 0.15) is 5.82 Å². The molecule has 0 bridgehead atoms. The summed E-state index contributed by atoms with van der Waals surface area (Å²) in [5, 5.41) is 4.72. The van der Waals surface area contributed by atoms with E-state index in [1.165, 1.54) is 0 Å². The van der Waals surface area contributed by atoms with Crippen LogP contribution in [0.25, 0.3) is 22.8 Å². The molecule has 29 heavy (non-hydrogen) atoms. The van der Waals surface area contributed by atoms with Crippen molar-refractivity contribution in [1.29, 1.82) is 0 Å². The molecule has 8 heteroatoms.